The minimum Gasteiger partial charge on any atom is -0.481 e. The van der Waals surface area contributed by atoms with E-state index in [1.165, 1.54) is 32.1 Å². The molecular weight excluding hydrogens is 250 g/mol. The molecule has 0 amide bonds. The summed E-state index contributed by atoms with van der Waals surface area (Å²) >= 11 is 0. The summed E-state index contributed by atoms with van der Waals surface area (Å²) in [5.74, 6) is 0.123. The Balaban J connectivity index is 2.64. The fourth-order valence-electron chi connectivity index (χ4n) is 3.78. The maximum absolute atomic E-state index is 10.9. The SMILES string of the molecule is CCN(C(C)CC(=O)O)C1CCCC(C(C)(C)C)CC1. The summed E-state index contributed by atoms with van der Waals surface area (Å²) in [7, 11) is 0. The first-order valence-corrected chi connectivity index (χ1v) is 8.23. The predicted octanol–water partition coefficient (Wildman–Crippen LogP) is 4.17. The summed E-state index contributed by atoms with van der Waals surface area (Å²) in [4.78, 5) is 13.4. The van der Waals surface area contributed by atoms with Crippen LogP contribution in [0.4, 0.5) is 0 Å². The van der Waals surface area contributed by atoms with E-state index in [1.807, 2.05) is 0 Å². The van der Waals surface area contributed by atoms with E-state index < -0.39 is 5.97 Å². The third kappa shape index (κ3) is 5.08. The van der Waals surface area contributed by atoms with Crippen molar-refractivity contribution in [2.24, 2.45) is 11.3 Å². The monoisotopic (exact) mass is 283 g/mol. The van der Waals surface area contributed by atoms with Gasteiger partial charge in [-0.05, 0) is 50.5 Å². The summed E-state index contributed by atoms with van der Waals surface area (Å²) in [6.45, 7) is 12.2. The van der Waals surface area contributed by atoms with E-state index in [4.69, 9.17) is 5.11 Å². The molecule has 1 fully saturated rings. The van der Waals surface area contributed by atoms with Gasteiger partial charge in [0, 0.05) is 12.1 Å². The Labute approximate surface area is 124 Å². The molecule has 0 saturated heterocycles. The van der Waals surface area contributed by atoms with Crippen molar-refractivity contribution in [3.63, 3.8) is 0 Å². The van der Waals surface area contributed by atoms with E-state index in [9.17, 15) is 4.79 Å². The second-order valence-corrected chi connectivity index (χ2v) is 7.50. The Kier molecular flexibility index (Phi) is 6.50. The van der Waals surface area contributed by atoms with Crippen molar-refractivity contribution in [1.29, 1.82) is 0 Å². The van der Waals surface area contributed by atoms with Crippen LogP contribution < -0.4 is 0 Å². The lowest BCUT2D eigenvalue weighted by Crippen LogP contribution is -2.42. The smallest absolute Gasteiger partial charge is 0.304 e. The normalized spacial score (nSPS) is 26.3. The molecule has 3 unspecified atom stereocenters. The molecule has 3 atom stereocenters. The first-order chi connectivity index (χ1) is 9.25. The second-order valence-electron chi connectivity index (χ2n) is 7.50. The molecule has 0 aromatic rings. The lowest BCUT2D eigenvalue weighted by molar-refractivity contribution is -0.138. The van der Waals surface area contributed by atoms with Gasteiger partial charge in [-0.25, -0.2) is 0 Å². The van der Waals surface area contributed by atoms with Crippen molar-refractivity contribution in [1.82, 2.24) is 4.90 Å². The lowest BCUT2D eigenvalue weighted by atomic mass is 9.76. The highest BCUT2D eigenvalue weighted by molar-refractivity contribution is 5.67. The molecule has 0 heterocycles. The minimum absolute atomic E-state index is 0.147. The van der Waals surface area contributed by atoms with Crippen molar-refractivity contribution < 1.29 is 9.90 Å². The molecule has 20 heavy (non-hydrogen) atoms. The number of rotatable bonds is 5. The summed E-state index contributed by atoms with van der Waals surface area (Å²) in [6, 6.07) is 0.718. The van der Waals surface area contributed by atoms with E-state index >= 15 is 0 Å². The zero-order valence-electron chi connectivity index (χ0n) is 14.0. The quantitative estimate of drug-likeness (QED) is 0.770. The Morgan fingerprint density at radius 2 is 1.90 bits per heavy atom. The second kappa shape index (κ2) is 7.44. The summed E-state index contributed by atoms with van der Waals surface area (Å²) in [5, 5.41) is 9.00. The zero-order chi connectivity index (χ0) is 15.3. The number of carboxylic acid groups (broad SMARTS) is 1. The molecule has 0 aromatic carbocycles. The largest absolute Gasteiger partial charge is 0.481 e. The van der Waals surface area contributed by atoms with Crippen molar-refractivity contribution >= 4 is 5.97 Å². The van der Waals surface area contributed by atoms with Crippen LogP contribution in [0.15, 0.2) is 0 Å². The molecule has 0 aromatic heterocycles. The molecule has 118 valence electrons. The Morgan fingerprint density at radius 1 is 1.25 bits per heavy atom. The van der Waals surface area contributed by atoms with Crippen molar-refractivity contribution in [3.05, 3.63) is 0 Å². The molecule has 1 aliphatic carbocycles. The van der Waals surface area contributed by atoms with Gasteiger partial charge >= 0.3 is 5.97 Å². The van der Waals surface area contributed by atoms with Crippen LogP contribution in [-0.4, -0.2) is 34.6 Å². The highest BCUT2D eigenvalue weighted by Gasteiger charge is 2.31. The third-order valence-electron chi connectivity index (χ3n) is 5.03. The standard InChI is InChI=1S/C17H33NO2/c1-6-18(13(2)12-16(19)20)15-9-7-8-14(10-11-15)17(3,4)5/h13-15H,6-12H2,1-5H3,(H,19,20). The Morgan fingerprint density at radius 3 is 2.40 bits per heavy atom. The first-order valence-electron chi connectivity index (χ1n) is 8.23. The Bertz CT molecular complexity index is 309. The summed E-state index contributed by atoms with van der Waals surface area (Å²) < 4.78 is 0. The van der Waals surface area contributed by atoms with Gasteiger partial charge in [-0.1, -0.05) is 34.1 Å². The van der Waals surface area contributed by atoms with Crippen LogP contribution in [0.3, 0.4) is 0 Å². The van der Waals surface area contributed by atoms with Gasteiger partial charge in [-0.3, -0.25) is 9.69 Å². The number of nitrogens with zero attached hydrogens (tertiary/aromatic N) is 1. The van der Waals surface area contributed by atoms with Crippen LogP contribution in [0.5, 0.6) is 0 Å². The van der Waals surface area contributed by atoms with Gasteiger partial charge in [0.05, 0.1) is 6.42 Å². The summed E-state index contributed by atoms with van der Waals surface area (Å²) in [5.41, 5.74) is 0.401. The average molecular weight is 283 g/mol. The maximum atomic E-state index is 10.9. The predicted molar refractivity (Wildman–Crippen MR) is 83.9 cm³/mol. The van der Waals surface area contributed by atoms with Crippen molar-refractivity contribution in [3.8, 4) is 0 Å². The number of carbonyl (C=O) groups is 1. The molecule has 1 saturated carbocycles. The Hall–Kier alpha value is -0.570. The topological polar surface area (TPSA) is 40.5 Å². The van der Waals surface area contributed by atoms with Gasteiger partial charge in [0.15, 0.2) is 0 Å². The number of hydrogen-bond acceptors (Lipinski definition) is 2. The van der Waals surface area contributed by atoms with Gasteiger partial charge in [-0.15, -0.1) is 0 Å². The van der Waals surface area contributed by atoms with Crippen LogP contribution in [0.2, 0.25) is 0 Å². The van der Waals surface area contributed by atoms with E-state index in [1.54, 1.807) is 0 Å². The highest BCUT2D eigenvalue weighted by Crippen LogP contribution is 2.38. The lowest BCUT2D eigenvalue weighted by Gasteiger charge is -2.35. The van der Waals surface area contributed by atoms with E-state index in [0.29, 0.717) is 11.5 Å². The van der Waals surface area contributed by atoms with Crippen LogP contribution in [0.1, 0.15) is 73.1 Å². The fraction of sp³-hybridized carbons (Fsp3) is 0.941. The molecule has 0 bridgehead atoms. The highest BCUT2D eigenvalue weighted by atomic mass is 16.4. The van der Waals surface area contributed by atoms with Crippen LogP contribution in [0, 0.1) is 11.3 Å². The minimum atomic E-state index is -0.683. The third-order valence-corrected chi connectivity index (χ3v) is 5.03. The zero-order valence-corrected chi connectivity index (χ0v) is 14.0. The molecule has 0 radical (unpaired) electrons. The van der Waals surface area contributed by atoms with Gasteiger partial charge in [-0.2, -0.15) is 0 Å². The molecular formula is C17H33NO2. The number of aliphatic carboxylic acids is 1. The van der Waals surface area contributed by atoms with Gasteiger partial charge in [0.1, 0.15) is 0 Å². The van der Waals surface area contributed by atoms with Crippen LogP contribution >= 0.6 is 0 Å². The molecule has 1 aliphatic rings. The molecule has 3 nitrogen and oxygen atoms in total. The van der Waals surface area contributed by atoms with Crippen LogP contribution in [0.25, 0.3) is 0 Å². The van der Waals surface area contributed by atoms with Gasteiger partial charge in [0.2, 0.25) is 0 Å². The van der Waals surface area contributed by atoms with Crippen molar-refractivity contribution in [2.45, 2.75) is 85.2 Å². The van der Waals surface area contributed by atoms with Gasteiger partial charge in [0.25, 0.3) is 0 Å². The molecule has 0 spiro atoms. The van der Waals surface area contributed by atoms with E-state index in [2.05, 4.69) is 39.5 Å². The molecule has 3 heteroatoms. The summed E-state index contributed by atoms with van der Waals surface area (Å²) in [6.07, 6.45) is 6.59. The molecule has 1 rings (SSSR count). The molecule has 0 aliphatic heterocycles. The first kappa shape index (κ1) is 17.5. The average Bonchev–Trinajstić information content (AvgIpc) is 2.54. The fourth-order valence-corrected chi connectivity index (χ4v) is 3.78. The molecule has 1 N–H and O–H groups in total. The number of hydrogen-bond donors (Lipinski definition) is 1. The maximum Gasteiger partial charge on any atom is 0.304 e. The van der Waals surface area contributed by atoms with E-state index in [-0.39, 0.29) is 12.5 Å². The number of carboxylic acids is 1. The van der Waals surface area contributed by atoms with Crippen molar-refractivity contribution in [2.75, 3.05) is 6.54 Å². The van der Waals surface area contributed by atoms with E-state index in [0.717, 1.165) is 12.5 Å². The van der Waals surface area contributed by atoms with Gasteiger partial charge < -0.3 is 5.11 Å². The van der Waals surface area contributed by atoms with Crippen LogP contribution in [-0.2, 0) is 4.79 Å².